The maximum absolute atomic E-state index is 11.9. The van der Waals surface area contributed by atoms with Crippen LogP contribution in [0.25, 0.3) is 0 Å². The molecule has 6 heteroatoms. The molecule has 1 aromatic heterocycles. The fraction of sp³-hybridized carbons (Fsp3) is 0.214. The van der Waals surface area contributed by atoms with Crippen molar-refractivity contribution >= 4 is 0 Å². The van der Waals surface area contributed by atoms with E-state index in [2.05, 4.69) is 0 Å². The van der Waals surface area contributed by atoms with Crippen LogP contribution in [0.2, 0.25) is 0 Å². The average molecular weight is 271 g/mol. The van der Waals surface area contributed by atoms with Gasteiger partial charge in [-0.05, 0) is 17.7 Å². The molecular weight excluding hydrogens is 258 g/mol. The van der Waals surface area contributed by atoms with Gasteiger partial charge in [0.25, 0.3) is 5.56 Å². The zero-order valence-corrected chi connectivity index (χ0v) is 11.2. The number of hydrogen-bond donors (Lipinski definition) is 0. The van der Waals surface area contributed by atoms with Crippen molar-refractivity contribution in [3.05, 3.63) is 62.4 Å². The summed E-state index contributed by atoms with van der Waals surface area (Å²) < 4.78 is 7.57. The summed E-state index contributed by atoms with van der Waals surface area (Å²) in [5, 5.41) is 8.92. The van der Waals surface area contributed by atoms with Gasteiger partial charge in [0, 0.05) is 19.3 Å². The number of aromatic nitrogens is 2. The van der Waals surface area contributed by atoms with E-state index >= 15 is 0 Å². The molecule has 0 atom stereocenters. The van der Waals surface area contributed by atoms with Gasteiger partial charge in [-0.2, -0.15) is 5.26 Å². The number of aryl methyl sites for hydroxylation is 1. The highest BCUT2D eigenvalue weighted by Gasteiger charge is 2.07. The van der Waals surface area contributed by atoms with Crippen LogP contribution in [0, 0.1) is 11.3 Å². The maximum Gasteiger partial charge on any atom is 0.331 e. The van der Waals surface area contributed by atoms with E-state index in [0.717, 1.165) is 4.57 Å². The second kappa shape index (κ2) is 5.45. The van der Waals surface area contributed by atoms with Gasteiger partial charge in [0.15, 0.2) is 0 Å². The summed E-state index contributed by atoms with van der Waals surface area (Å²) in [5.41, 5.74) is 0.369. The minimum atomic E-state index is -0.388. The van der Waals surface area contributed by atoms with Crippen LogP contribution >= 0.6 is 0 Å². The predicted molar refractivity (Wildman–Crippen MR) is 72.8 cm³/mol. The van der Waals surface area contributed by atoms with Crippen molar-refractivity contribution in [2.24, 2.45) is 7.05 Å². The summed E-state index contributed by atoms with van der Waals surface area (Å²) in [5.74, 6) is 0.422. The second-order valence-electron chi connectivity index (χ2n) is 4.28. The maximum atomic E-state index is 11.9. The molecule has 0 spiro atoms. The molecule has 0 aliphatic rings. The SMILES string of the molecule is COc1cc(Cn2c(=O)ccn(C)c2=O)ccc1C#N. The van der Waals surface area contributed by atoms with Crippen LogP contribution in [-0.2, 0) is 13.6 Å². The van der Waals surface area contributed by atoms with Gasteiger partial charge in [-0.3, -0.25) is 9.36 Å². The Balaban J connectivity index is 2.47. The lowest BCUT2D eigenvalue weighted by molar-refractivity contribution is 0.412. The third-order valence-electron chi connectivity index (χ3n) is 2.97. The van der Waals surface area contributed by atoms with Gasteiger partial charge >= 0.3 is 5.69 Å². The molecule has 20 heavy (non-hydrogen) atoms. The number of nitriles is 1. The van der Waals surface area contributed by atoms with E-state index in [4.69, 9.17) is 10.00 Å². The highest BCUT2D eigenvalue weighted by Crippen LogP contribution is 2.19. The Bertz CT molecular complexity index is 797. The fourth-order valence-corrected chi connectivity index (χ4v) is 1.87. The topological polar surface area (TPSA) is 77.0 Å². The third kappa shape index (κ3) is 2.47. The van der Waals surface area contributed by atoms with E-state index in [1.165, 1.54) is 23.9 Å². The van der Waals surface area contributed by atoms with E-state index in [9.17, 15) is 9.59 Å². The summed E-state index contributed by atoms with van der Waals surface area (Å²) in [7, 11) is 3.05. The standard InChI is InChI=1S/C14H13N3O3/c1-16-6-5-13(18)17(14(16)19)9-10-3-4-11(8-15)12(7-10)20-2/h3-7H,9H2,1-2H3. The fourth-order valence-electron chi connectivity index (χ4n) is 1.87. The molecule has 0 saturated carbocycles. The minimum Gasteiger partial charge on any atom is -0.495 e. The van der Waals surface area contributed by atoms with Crippen molar-refractivity contribution in [1.29, 1.82) is 5.26 Å². The summed E-state index contributed by atoms with van der Waals surface area (Å²) in [6.45, 7) is 0.133. The molecule has 0 bridgehead atoms. The first kappa shape index (κ1) is 13.6. The molecule has 0 aliphatic heterocycles. The van der Waals surface area contributed by atoms with E-state index in [0.29, 0.717) is 16.9 Å². The van der Waals surface area contributed by atoms with Gasteiger partial charge in [0.2, 0.25) is 0 Å². The summed E-state index contributed by atoms with van der Waals surface area (Å²) >= 11 is 0. The molecule has 102 valence electrons. The van der Waals surface area contributed by atoms with Crippen LogP contribution in [0.5, 0.6) is 5.75 Å². The molecule has 6 nitrogen and oxygen atoms in total. The largest absolute Gasteiger partial charge is 0.495 e. The van der Waals surface area contributed by atoms with Crippen LogP contribution in [0.4, 0.5) is 0 Å². The molecule has 0 saturated heterocycles. The molecule has 1 heterocycles. The molecule has 0 aliphatic carbocycles. The van der Waals surface area contributed by atoms with E-state index in [-0.39, 0.29) is 17.8 Å². The average Bonchev–Trinajstić information content (AvgIpc) is 2.47. The molecule has 0 amide bonds. The Morgan fingerprint density at radius 1 is 1.30 bits per heavy atom. The van der Waals surface area contributed by atoms with Crippen LogP contribution in [0.1, 0.15) is 11.1 Å². The predicted octanol–water partition coefficient (Wildman–Crippen LogP) is 0.476. The van der Waals surface area contributed by atoms with Gasteiger partial charge in [-0.1, -0.05) is 6.07 Å². The molecular formula is C14H13N3O3. The Labute approximate surface area is 115 Å². The second-order valence-corrected chi connectivity index (χ2v) is 4.28. The van der Waals surface area contributed by atoms with Gasteiger partial charge in [-0.15, -0.1) is 0 Å². The molecule has 2 rings (SSSR count). The van der Waals surface area contributed by atoms with Gasteiger partial charge < -0.3 is 9.30 Å². The Kier molecular flexibility index (Phi) is 3.71. The summed E-state index contributed by atoms with van der Waals surface area (Å²) in [4.78, 5) is 23.7. The number of ether oxygens (including phenoxy) is 1. The van der Waals surface area contributed by atoms with Gasteiger partial charge in [-0.25, -0.2) is 4.79 Å². The van der Waals surface area contributed by atoms with Crippen LogP contribution in [-0.4, -0.2) is 16.2 Å². The molecule has 1 aromatic carbocycles. The first-order chi connectivity index (χ1) is 9.56. The quantitative estimate of drug-likeness (QED) is 0.813. The van der Waals surface area contributed by atoms with Gasteiger partial charge in [0.1, 0.15) is 11.8 Å². The first-order valence-corrected chi connectivity index (χ1v) is 5.90. The van der Waals surface area contributed by atoms with Crippen molar-refractivity contribution in [3.8, 4) is 11.8 Å². The van der Waals surface area contributed by atoms with E-state index in [1.54, 1.807) is 25.2 Å². The summed E-state index contributed by atoms with van der Waals surface area (Å²) in [6, 6.07) is 8.29. The van der Waals surface area contributed by atoms with Crippen LogP contribution in [0.15, 0.2) is 40.1 Å². The molecule has 0 fully saturated rings. The number of methoxy groups -OCH3 is 1. The lowest BCUT2D eigenvalue weighted by Crippen LogP contribution is -2.38. The lowest BCUT2D eigenvalue weighted by atomic mass is 10.1. The lowest BCUT2D eigenvalue weighted by Gasteiger charge is -2.09. The normalized spacial score (nSPS) is 10.1. The van der Waals surface area contributed by atoms with E-state index in [1.807, 2.05) is 6.07 Å². The number of nitrogens with zero attached hydrogens (tertiary/aromatic N) is 3. The third-order valence-corrected chi connectivity index (χ3v) is 2.97. The number of rotatable bonds is 3. The molecule has 0 radical (unpaired) electrons. The zero-order valence-electron chi connectivity index (χ0n) is 11.2. The highest BCUT2D eigenvalue weighted by molar-refractivity contribution is 5.45. The smallest absolute Gasteiger partial charge is 0.331 e. The summed E-state index contributed by atoms with van der Waals surface area (Å²) in [6.07, 6.45) is 1.43. The highest BCUT2D eigenvalue weighted by atomic mass is 16.5. The molecule has 0 unspecified atom stereocenters. The minimum absolute atomic E-state index is 0.133. The Morgan fingerprint density at radius 3 is 2.70 bits per heavy atom. The zero-order chi connectivity index (χ0) is 14.7. The van der Waals surface area contributed by atoms with Crippen molar-refractivity contribution < 1.29 is 4.74 Å². The van der Waals surface area contributed by atoms with Gasteiger partial charge in [0.05, 0.1) is 19.2 Å². The van der Waals surface area contributed by atoms with Crippen LogP contribution < -0.4 is 16.0 Å². The van der Waals surface area contributed by atoms with E-state index < -0.39 is 0 Å². The monoisotopic (exact) mass is 271 g/mol. The van der Waals surface area contributed by atoms with Crippen molar-refractivity contribution in [1.82, 2.24) is 9.13 Å². The number of hydrogen-bond acceptors (Lipinski definition) is 4. The van der Waals surface area contributed by atoms with Crippen molar-refractivity contribution in [3.63, 3.8) is 0 Å². The molecule has 2 aromatic rings. The van der Waals surface area contributed by atoms with Crippen LogP contribution in [0.3, 0.4) is 0 Å². The van der Waals surface area contributed by atoms with Crippen molar-refractivity contribution in [2.45, 2.75) is 6.54 Å². The Morgan fingerprint density at radius 2 is 2.05 bits per heavy atom. The Hall–Kier alpha value is -2.81. The van der Waals surface area contributed by atoms with Crippen molar-refractivity contribution in [2.75, 3.05) is 7.11 Å². The first-order valence-electron chi connectivity index (χ1n) is 5.90. The molecule has 0 N–H and O–H groups in total. The number of benzene rings is 1.